The van der Waals surface area contributed by atoms with Crippen molar-refractivity contribution in [3.05, 3.63) is 38.3 Å². The number of aliphatic carboxylic acids is 1. The van der Waals surface area contributed by atoms with Gasteiger partial charge in [-0.05, 0) is 34.0 Å². The highest BCUT2D eigenvalue weighted by Crippen LogP contribution is 2.28. The average molecular weight is 357 g/mol. The molecule has 1 N–H and O–H groups in total. The first-order chi connectivity index (χ1) is 9.81. The number of nitrogens with zero attached hydrogens (tertiary/aromatic N) is 2. The molecule has 1 fully saturated rings. The third kappa shape index (κ3) is 3.05. The first kappa shape index (κ1) is 15.4. The fourth-order valence-electron chi connectivity index (χ4n) is 2.42. The van der Waals surface area contributed by atoms with Crippen LogP contribution in [0.4, 0.5) is 5.69 Å². The molecular weight excluding hydrogens is 344 g/mol. The van der Waals surface area contributed by atoms with Crippen LogP contribution in [0.5, 0.6) is 0 Å². The van der Waals surface area contributed by atoms with E-state index < -0.39 is 16.8 Å². The van der Waals surface area contributed by atoms with Gasteiger partial charge in [0.1, 0.15) is 0 Å². The first-order valence-electron chi connectivity index (χ1n) is 6.27. The summed E-state index contributed by atoms with van der Waals surface area (Å²) in [5, 5.41) is 20.0. The molecule has 1 aromatic carbocycles. The Hall–Kier alpha value is -1.96. The molecule has 0 aliphatic carbocycles. The molecule has 0 bridgehead atoms. The fourth-order valence-corrected chi connectivity index (χ4v) is 2.81. The molecule has 0 saturated carbocycles. The second kappa shape index (κ2) is 5.80. The van der Waals surface area contributed by atoms with Crippen LogP contribution in [0.1, 0.15) is 17.3 Å². The van der Waals surface area contributed by atoms with Crippen LogP contribution < -0.4 is 0 Å². The topological polar surface area (TPSA) is 101 Å². The molecule has 1 saturated heterocycles. The summed E-state index contributed by atoms with van der Waals surface area (Å²) in [6.45, 7) is 2.23. The monoisotopic (exact) mass is 356 g/mol. The number of benzene rings is 1. The molecule has 1 heterocycles. The van der Waals surface area contributed by atoms with E-state index in [4.69, 9.17) is 5.11 Å². The third-order valence-electron chi connectivity index (χ3n) is 3.61. The van der Waals surface area contributed by atoms with Gasteiger partial charge in [0, 0.05) is 24.7 Å². The van der Waals surface area contributed by atoms with E-state index in [1.807, 2.05) is 0 Å². The Morgan fingerprint density at radius 2 is 2.10 bits per heavy atom. The number of nitro groups is 1. The van der Waals surface area contributed by atoms with Crippen molar-refractivity contribution in [3.8, 4) is 0 Å². The largest absolute Gasteiger partial charge is 0.481 e. The van der Waals surface area contributed by atoms with Crippen LogP contribution in [-0.2, 0) is 4.79 Å². The van der Waals surface area contributed by atoms with Crippen molar-refractivity contribution in [3.63, 3.8) is 0 Å². The van der Waals surface area contributed by atoms with Crippen molar-refractivity contribution in [2.75, 3.05) is 13.1 Å². The lowest BCUT2D eigenvalue weighted by Gasteiger charge is -2.15. The highest BCUT2D eigenvalue weighted by Gasteiger charge is 2.37. The smallest absolute Gasteiger partial charge is 0.308 e. The van der Waals surface area contributed by atoms with E-state index in [2.05, 4.69) is 15.9 Å². The summed E-state index contributed by atoms with van der Waals surface area (Å²) in [7, 11) is 0. The maximum atomic E-state index is 12.3. The Morgan fingerprint density at radius 3 is 2.62 bits per heavy atom. The number of hydrogen-bond acceptors (Lipinski definition) is 4. The zero-order valence-electron chi connectivity index (χ0n) is 11.2. The Balaban J connectivity index is 2.24. The van der Waals surface area contributed by atoms with Crippen LogP contribution in [0.15, 0.2) is 22.7 Å². The molecule has 2 atom stereocenters. The average Bonchev–Trinajstić information content (AvgIpc) is 2.80. The number of rotatable bonds is 3. The number of hydrogen-bond donors (Lipinski definition) is 1. The van der Waals surface area contributed by atoms with Crippen LogP contribution in [0.3, 0.4) is 0 Å². The van der Waals surface area contributed by atoms with Crippen LogP contribution in [-0.4, -0.2) is 39.9 Å². The van der Waals surface area contributed by atoms with E-state index in [1.165, 1.54) is 23.1 Å². The van der Waals surface area contributed by atoms with Gasteiger partial charge in [-0.15, -0.1) is 0 Å². The van der Waals surface area contributed by atoms with Crippen molar-refractivity contribution < 1.29 is 19.6 Å². The van der Waals surface area contributed by atoms with Crippen molar-refractivity contribution >= 4 is 33.5 Å². The minimum absolute atomic E-state index is 0.124. The summed E-state index contributed by atoms with van der Waals surface area (Å²) in [6, 6.07) is 4.13. The quantitative estimate of drug-likeness (QED) is 0.660. The van der Waals surface area contributed by atoms with Gasteiger partial charge in [-0.25, -0.2) is 0 Å². The lowest BCUT2D eigenvalue weighted by Crippen LogP contribution is -2.30. The van der Waals surface area contributed by atoms with Crippen molar-refractivity contribution in [2.24, 2.45) is 11.8 Å². The van der Waals surface area contributed by atoms with Gasteiger partial charge in [-0.2, -0.15) is 0 Å². The summed E-state index contributed by atoms with van der Waals surface area (Å²) in [6.07, 6.45) is 0. The van der Waals surface area contributed by atoms with Crippen LogP contribution >= 0.6 is 15.9 Å². The second-order valence-electron chi connectivity index (χ2n) is 5.06. The Bertz CT molecular complexity index is 619. The zero-order valence-corrected chi connectivity index (χ0v) is 12.7. The zero-order chi connectivity index (χ0) is 15.7. The number of amides is 1. The number of nitro benzene ring substituents is 1. The summed E-state index contributed by atoms with van der Waals surface area (Å²) in [5.41, 5.74) is -0.00832. The van der Waals surface area contributed by atoms with E-state index in [9.17, 15) is 19.7 Å². The Morgan fingerprint density at radius 1 is 1.43 bits per heavy atom. The van der Waals surface area contributed by atoms with Crippen molar-refractivity contribution in [2.45, 2.75) is 6.92 Å². The maximum Gasteiger partial charge on any atom is 0.308 e. The summed E-state index contributed by atoms with van der Waals surface area (Å²) in [5.74, 6) is -2.06. The van der Waals surface area contributed by atoms with E-state index >= 15 is 0 Å². The molecule has 0 radical (unpaired) electrons. The molecule has 8 heteroatoms. The lowest BCUT2D eigenvalue weighted by molar-refractivity contribution is -0.385. The van der Waals surface area contributed by atoms with Gasteiger partial charge in [0.15, 0.2) is 0 Å². The maximum absolute atomic E-state index is 12.3. The number of carbonyl (C=O) groups excluding carboxylic acids is 1. The van der Waals surface area contributed by atoms with Gasteiger partial charge in [0.05, 0.1) is 15.3 Å². The van der Waals surface area contributed by atoms with Gasteiger partial charge >= 0.3 is 5.97 Å². The molecule has 0 aromatic heterocycles. The molecule has 21 heavy (non-hydrogen) atoms. The second-order valence-corrected chi connectivity index (χ2v) is 5.91. The van der Waals surface area contributed by atoms with Gasteiger partial charge in [-0.1, -0.05) is 6.92 Å². The van der Waals surface area contributed by atoms with E-state index in [-0.39, 0.29) is 29.6 Å². The molecule has 1 amide bonds. The molecule has 7 nitrogen and oxygen atoms in total. The third-order valence-corrected chi connectivity index (χ3v) is 4.28. The fraction of sp³-hybridized carbons (Fsp3) is 0.385. The minimum atomic E-state index is -0.931. The van der Waals surface area contributed by atoms with Crippen LogP contribution in [0.2, 0.25) is 0 Å². The number of halogens is 1. The van der Waals surface area contributed by atoms with Crippen molar-refractivity contribution in [1.82, 2.24) is 4.90 Å². The normalized spacial score (nSPS) is 21.3. The summed E-state index contributed by atoms with van der Waals surface area (Å²) in [4.78, 5) is 35.1. The van der Waals surface area contributed by atoms with E-state index in [0.717, 1.165) is 0 Å². The molecule has 1 aliphatic rings. The first-order valence-corrected chi connectivity index (χ1v) is 7.06. The number of carbonyl (C=O) groups is 2. The molecule has 112 valence electrons. The molecular formula is C13H13BrN2O5. The standard InChI is InChI=1S/C13H13BrN2O5/c1-7-5-15(6-9(7)13(18)19)12(17)8-2-3-10(14)11(4-8)16(20)21/h2-4,7,9H,5-6H2,1H3,(H,18,19). The highest BCUT2D eigenvalue weighted by atomic mass is 79.9. The van der Waals surface area contributed by atoms with Gasteiger partial charge < -0.3 is 10.0 Å². The van der Waals surface area contributed by atoms with Crippen LogP contribution in [0, 0.1) is 22.0 Å². The Kier molecular flexibility index (Phi) is 4.26. The number of carboxylic acid groups (broad SMARTS) is 1. The molecule has 2 rings (SSSR count). The SMILES string of the molecule is CC1CN(C(=O)c2ccc(Br)c([N+](=O)[O-])c2)CC1C(=O)O. The van der Waals surface area contributed by atoms with Crippen molar-refractivity contribution in [1.29, 1.82) is 0 Å². The van der Waals surface area contributed by atoms with Crippen LogP contribution in [0.25, 0.3) is 0 Å². The van der Waals surface area contributed by atoms with E-state index in [0.29, 0.717) is 11.0 Å². The Labute approximate surface area is 128 Å². The highest BCUT2D eigenvalue weighted by molar-refractivity contribution is 9.10. The predicted molar refractivity (Wildman–Crippen MR) is 77.0 cm³/mol. The molecule has 2 unspecified atom stereocenters. The molecule has 1 aliphatic heterocycles. The van der Waals surface area contributed by atoms with E-state index in [1.54, 1.807) is 6.92 Å². The molecule has 0 spiro atoms. The summed E-state index contributed by atoms with van der Waals surface area (Å²) < 4.78 is 0.294. The lowest BCUT2D eigenvalue weighted by atomic mass is 9.99. The molecule has 1 aromatic rings. The minimum Gasteiger partial charge on any atom is -0.481 e. The number of likely N-dealkylation sites (tertiary alicyclic amines) is 1. The van der Waals surface area contributed by atoms with Gasteiger partial charge in [0.25, 0.3) is 11.6 Å². The number of carboxylic acids is 1. The van der Waals surface area contributed by atoms with Gasteiger partial charge in [-0.3, -0.25) is 19.7 Å². The predicted octanol–water partition coefficient (Wildman–Crippen LogP) is 2.15. The summed E-state index contributed by atoms with van der Waals surface area (Å²) >= 11 is 3.06. The van der Waals surface area contributed by atoms with Gasteiger partial charge in [0.2, 0.25) is 0 Å².